The van der Waals surface area contributed by atoms with E-state index in [1.807, 2.05) is 18.2 Å². The van der Waals surface area contributed by atoms with Crippen LogP contribution >= 0.6 is 0 Å². The molecular formula is C18H21N5O4. The zero-order valence-corrected chi connectivity index (χ0v) is 15.2. The summed E-state index contributed by atoms with van der Waals surface area (Å²) in [5.74, 6) is 0.629. The third kappa shape index (κ3) is 4.76. The van der Waals surface area contributed by atoms with E-state index in [0.717, 1.165) is 0 Å². The second-order valence-electron chi connectivity index (χ2n) is 6.11. The zero-order chi connectivity index (χ0) is 19.2. The Hall–Kier alpha value is -3.07. The quantitative estimate of drug-likeness (QED) is 0.612. The molecule has 0 saturated carbocycles. The fourth-order valence-corrected chi connectivity index (χ4v) is 2.58. The maximum absolute atomic E-state index is 12.2. The maximum Gasteiger partial charge on any atom is 0.270 e. The largest absolute Gasteiger partial charge is 0.384 e. The van der Waals surface area contributed by atoms with Crippen molar-refractivity contribution in [2.45, 2.75) is 32.2 Å². The minimum Gasteiger partial charge on any atom is -0.384 e. The van der Waals surface area contributed by atoms with E-state index in [0.29, 0.717) is 41.5 Å². The summed E-state index contributed by atoms with van der Waals surface area (Å²) in [6.45, 7) is 2.25. The summed E-state index contributed by atoms with van der Waals surface area (Å²) in [4.78, 5) is 35.6. The van der Waals surface area contributed by atoms with E-state index in [4.69, 9.17) is 9.26 Å². The number of ether oxygens (including phenoxy) is 1. The fraction of sp³-hybridized carbons (Fsp3) is 0.389. The van der Waals surface area contributed by atoms with E-state index < -0.39 is 6.04 Å². The number of para-hydroxylation sites is 2. The third-order valence-electron chi connectivity index (χ3n) is 4.02. The lowest BCUT2D eigenvalue weighted by Crippen LogP contribution is -2.28. The van der Waals surface area contributed by atoms with Gasteiger partial charge in [-0.05, 0) is 19.1 Å². The molecule has 3 aromatic rings. The summed E-state index contributed by atoms with van der Waals surface area (Å²) in [5.41, 5.74) is 1.41. The Balaban J connectivity index is 1.57. The molecule has 2 aromatic heterocycles. The van der Waals surface area contributed by atoms with Crippen LogP contribution in [0.25, 0.3) is 11.0 Å². The molecule has 2 N–H and O–H groups in total. The van der Waals surface area contributed by atoms with E-state index in [1.54, 1.807) is 20.1 Å². The van der Waals surface area contributed by atoms with Gasteiger partial charge < -0.3 is 19.6 Å². The number of aromatic nitrogens is 4. The first-order valence-corrected chi connectivity index (χ1v) is 8.65. The minimum absolute atomic E-state index is 0.128. The lowest BCUT2D eigenvalue weighted by Gasteiger charge is -2.09. The lowest BCUT2D eigenvalue weighted by atomic mass is 10.2. The highest BCUT2D eigenvalue weighted by Gasteiger charge is 2.17. The van der Waals surface area contributed by atoms with Crippen molar-refractivity contribution in [1.29, 1.82) is 0 Å². The minimum atomic E-state index is -0.427. The highest BCUT2D eigenvalue weighted by Crippen LogP contribution is 2.11. The first-order valence-electron chi connectivity index (χ1n) is 8.65. The van der Waals surface area contributed by atoms with Crippen LogP contribution in [0.1, 0.15) is 36.8 Å². The van der Waals surface area contributed by atoms with Crippen LogP contribution in [0.3, 0.4) is 0 Å². The van der Waals surface area contributed by atoms with E-state index in [2.05, 4.69) is 25.4 Å². The fourth-order valence-electron chi connectivity index (χ4n) is 2.58. The van der Waals surface area contributed by atoms with Crippen molar-refractivity contribution in [1.82, 2.24) is 25.4 Å². The average molecular weight is 371 g/mol. The molecular weight excluding hydrogens is 350 g/mol. The predicted molar refractivity (Wildman–Crippen MR) is 97.1 cm³/mol. The van der Waals surface area contributed by atoms with E-state index in [9.17, 15) is 9.59 Å². The van der Waals surface area contributed by atoms with Gasteiger partial charge in [0.2, 0.25) is 11.8 Å². The molecule has 9 heteroatoms. The Bertz CT molecular complexity index is 981. The Kier molecular flexibility index (Phi) is 5.92. The van der Waals surface area contributed by atoms with Crippen LogP contribution in [0.5, 0.6) is 0 Å². The number of hydrogen-bond donors (Lipinski definition) is 2. The van der Waals surface area contributed by atoms with Gasteiger partial charge in [0.25, 0.3) is 5.56 Å². The van der Waals surface area contributed by atoms with E-state index in [-0.39, 0.29) is 24.3 Å². The molecule has 0 aliphatic rings. The van der Waals surface area contributed by atoms with Gasteiger partial charge in [-0.15, -0.1) is 0 Å². The van der Waals surface area contributed by atoms with Crippen molar-refractivity contribution in [2.75, 3.05) is 13.7 Å². The number of methoxy groups -OCH3 is 1. The molecule has 0 aliphatic heterocycles. The second-order valence-corrected chi connectivity index (χ2v) is 6.11. The SMILES string of the molecule is COCCc1noc(C(C)NC(=O)CCc2nc3ccccc3[nH]c2=O)n1. The number of carbonyl (C=O) groups excluding carboxylic acids is 1. The van der Waals surface area contributed by atoms with Gasteiger partial charge in [-0.2, -0.15) is 4.98 Å². The topological polar surface area (TPSA) is 123 Å². The molecule has 1 amide bonds. The molecule has 2 heterocycles. The summed E-state index contributed by atoms with van der Waals surface area (Å²) < 4.78 is 10.1. The van der Waals surface area contributed by atoms with Crippen LogP contribution in [0, 0.1) is 0 Å². The summed E-state index contributed by atoms with van der Waals surface area (Å²) in [6.07, 6.45) is 0.905. The normalized spacial score (nSPS) is 12.2. The molecule has 1 atom stereocenters. The summed E-state index contributed by atoms with van der Waals surface area (Å²) in [6, 6.07) is 6.84. The summed E-state index contributed by atoms with van der Waals surface area (Å²) in [5, 5.41) is 6.63. The van der Waals surface area contributed by atoms with Crippen molar-refractivity contribution < 1.29 is 14.1 Å². The van der Waals surface area contributed by atoms with Gasteiger partial charge in [0.1, 0.15) is 11.7 Å². The molecule has 9 nitrogen and oxygen atoms in total. The standard InChI is InChI=1S/C18H21N5O4/c1-11(18-22-15(23-27-18)9-10-26-2)19-16(24)8-7-14-17(25)21-13-6-4-3-5-12(13)20-14/h3-6,11H,7-10H2,1-2H3,(H,19,24)(H,21,25). The van der Waals surface area contributed by atoms with E-state index in [1.165, 1.54) is 0 Å². The van der Waals surface area contributed by atoms with E-state index >= 15 is 0 Å². The highest BCUT2D eigenvalue weighted by molar-refractivity contribution is 5.77. The second kappa shape index (κ2) is 8.54. The number of carbonyl (C=O) groups is 1. The van der Waals surface area contributed by atoms with Crippen LogP contribution in [0.4, 0.5) is 0 Å². The molecule has 0 radical (unpaired) electrons. The number of nitrogens with zero attached hydrogens (tertiary/aromatic N) is 3. The molecule has 3 rings (SSSR count). The molecule has 1 aromatic carbocycles. The Morgan fingerprint density at radius 2 is 2.11 bits per heavy atom. The Morgan fingerprint density at radius 3 is 2.93 bits per heavy atom. The van der Waals surface area contributed by atoms with Crippen LogP contribution < -0.4 is 10.9 Å². The number of rotatable bonds is 8. The number of nitrogens with one attached hydrogen (secondary N) is 2. The molecule has 0 aliphatic carbocycles. The number of fused-ring (bicyclic) bond motifs is 1. The molecule has 0 spiro atoms. The van der Waals surface area contributed by atoms with Gasteiger partial charge >= 0.3 is 0 Å². The predicted octanol–water partition coefficient (Wildman–Crippen LogP) is 1.31. The maximum atomic E-state index is 12.2. The molecule has 142 valence electrons. The summed E-state index contributed by atoms with van der Waals surface area (Å²) >= 11 is 0. The Morgan fingerprint density at radius 1 is 1.30 bits per heavy atom. The van der Waals surface area contributed by atoms with Gasteiger partial charge in [-0.25, -0.2) is 4.98 Å². The number of aromatic amines is 1. The zero-order valence-electron chi connectivity index (χ0n) is 15.2. The highest BCUT2D eigenvalue weighted by atomic mass is 16.5. The van der Waals surface area contributed by atoms with Crippen molar-refractivity contribution >= 4 is 16.9 Å². The molecule has 0 fully saturated rings. The van der Waals surface area contributed by atoms with Gasteiger partial charge in [0, 0.05) is 26.4 Å². The lowest BCUT2D eigenvalue weighted by molar-refractivity contribution is -0.121. The number of hydrogen-bond acceptors (Lipinski definition) is 7. The Labute approximate surface area is 155 Å². The van der Waals surface area contributed by atoms with Gasteiger partial charge in [0.05, 0.1) is 17.6 Å². The monoisotopic (exact) mass is 371 g/mol. The first kappa shape index (κ1) is 18.7. The molecule has 1 unspecified atom stereocenters. The van der Waals surface area contributed by atoms with Gasteiger partial charge in [-0.3, -0.25) is 9.59 Å². The average Bonchev–Trinajstić information content (AvgIpc) is 3.14. The van der Waals surface area contributed by atoms with Crippen LogP contribution in [0.15, 0.2) is 33.6 Å². The first-order chi connectivity index (χ1) is 13.1. The number of benzene rings is 1. The van der Waals surface area contributed by atoms with Crippen molar-refractivity contribution in [3.8, 4) is 0 Å². The van der Waals surface area contributed by atoms with Crippen molar-refractivity contribution in [3.63, 3.8) is 0 Å². The van der Waals surface area contributed by atoms with Gasteiger partial charge in [0.15, 0.2) is 5.82 Å². The third-order valence-corrected chi connectivity index (χ3v) is 4.02. The smallest absolute Gasteiger partial charge is 0.270 e. The van der Waals surface area contributed by atoms with Crippen molar-refractivity contribution in [3.05, 3.63) is 52.0 Å². The van der Waals surface area contributed by atoms with Crippen LogP contribution in [-0.2, 0) is 22.4 Å². The molecule has 0 bridgehead atoms. The van der Waals surface area contributed by atoms with Gasteiger partial charge in [-0.1, -0.05) is 17.3 Å². The number of amides is 1. The van der Waals surface area contributed by atoms with Crippen LogP contribution in [0.2, 0.25) is 0 Å². The van der Waals surface area contributed by atoms with Crippen LogP contribution in [-0.4, -0.2) is 39.7 Å². The number of H-pyrrole nitrogens is 1. The van der Waals surface area contributed by atoms with Crippen molar-refractivity contribution in [2.24, 2.45) is 0 Å². The molecule has 0 saturated heterocycles. The summed E-state index contributed by atoms with van der Waals surface area (Å²) in [7, 11) is 1.60. The molecule has 27 heavy (non-hydrogen) atoms. The number of aryl methyl sites for hydroxylation is 1.